The zero-order valence-corrected chi connectivity index (χ0v) is 82.1. The van der Waals surface area contributed by atoms with Gasteiger partial charge in [-0.2, -0.15) is 20.4 Å². The van der Waals surface area contributed by atoms with Crippen LogP contribution in [0.3, 0.4) is 0 Å². The molecule has 0 bridgehead atoms. The van der Waals surface area contributed by atoms with Gasteiger partial charge in [0.05, 0.1) is 104 Å². The minimum atomic E-state index is -0.164. The van der Waals surface area contributed by atoms with Crippen LogP contribution in [0.1, 0.15) is 37.6 Å². The van der Waals surface area contributed by atoms with E-state index < -0.39 is 0 Å². The Bertz CT molecular complexity index is 8550. The molecule has 16 aromatic heterocycles. The highest BCUT2D eigenvalue weighted by Crippen LogP contribution is 2.33. The van der Waals surface area contributed by atoms with Crippen LogP contribution in [0.4, 0.5) is 28.4 Å². The maximum Gasteiger partial charge on any atom is 0.258 e. The summed E-state index contributed by atoms with van der Waals surface area (Å²) in [6.45, 7) is 22.6. The summed E-state index contributed by atoms with van der Waals surface area (Å²) in [4.78, 5) is 115. The van der Waals surface area contributed by atoms with Crippen LogP contribution in [0, 0.1) is 13.8 Å². The smallest absolute Gasteiger partial charge is 0.258 e. The number of rotatable bonds is 11. The lowest BCUT2D eigenvalue weighted by Gasteiger charge is -2.36. The van der Waals surface area contributed by atoms with Crippen molar-refractivity contribution in [2.45, 2.75) is 52.1 Å². The molecule has 143 heavy (non-hydrogen) atoms. The molecule has 728 valence electrons. The first kappa shape index (κ1) is 93.3. The standard InChI is InChI=1S/C23H26N6O.C22H24N6O.C21H22N6O2.C21H22N6O.C20H20N6O/c1-26(2)18-8-10-28(11-9-18)19-5-7-22-25-20(13-23(30)29(22)15-19)16-4-6-21-17(12-16)14-24-27(21)3;1-25-8-3-9-27(11-10-25)18-5-7-21-24-19(13-22(29)28(21)15-18)16-4-6-20-17(12-16)14-23-26(20)2;1-12-8-16-20(14(3)23-12)29-21(25-16)17-9-19(28)27-11-15(4-5-18(27)24-17)26-7-6-22-13(2)10-26;1-24-7-9-26(10-8-24)17-4-6-20-23-18(12-21(28)27(20)14-17)15-3-5-19-16(11-15)13-22-25(19)2;1-24-18-4-2-14(10-15(18)12-22-24)17-11-20(27)26-13-16(3-5-19(26)23-17)25-8-6-21-7-9-25/h4-7,12-15,18H,8-11H2,1-3H3;4-7,12-15H,3,8-11H2,1-2H3;4-5,8-9,11,13,22H,6-7,10H2,1-3H3;3-6,11-14H,7-10H2,1-2H3;2-5,10-13,21H,6-9H2,1H3/t;;13-;;/m..0../s1. The van der Waals surface area contributed by atoms with E-state index in [0.717, 1.165) is 242 Å². The van der Waals surface area contributed by atoms with E-state index in [-0.39, 0.29) is 27.8 Å². The molecular weight excluding hydrogens is 1800 g/mol. The quantitative estimate of drug-likeness (QED) is 0.121. The van der Waals surface area contributed by atoms with Gasteiger partial charge >= 0.3 is 0 Å². The van der Waals surface area contributed by atoms with Gasteiger partial charge in [-0.05, 0) is 190 Å². The average Bonchev–Trinajstić information content (AvgIpc) is 1.78. The molecule has 0 radical (unpaired) electrons. The van der Waals surface area contributed by atoms with Gasteiger partial charge in [-0.3, -0.25) is 69.7 Å². The first-order valence-electron chi connectivity index (χ1n) is 48.7. The summed E-state index contributed by atoms with van der Waals surface area (Å²) in [6.07, 6.45) is 20.2. The predicted molar refractivity (Wildman–Crippen MR) is 564 cm³/mol. The Balaban J connectivity index is 0.000000106. The number of hydrogen-bond donors (Lipinski definition) is 2. The molecule has 1 atom stereocenters. The fraction of sp³-hybridized carbons (Fsp3) is 0.308. The van der Waals surface area contributed by atoms with E-state index in [1.807, 2.05) is 238 Å². The van der Waals surface area contributed by atoms with Crippen molar-refractivity contribution in [2.75, 3.05) is 164 Å². The van der Waals surface area contributed by atoms with Gasteiger partial charge < -0.3 is 54.3 Å². The summed E-state index contributed by atoms with van der Waals surface area (Å²) in [5.74, 6) is 0.329. The second-order valence-corrected chi connectivity index (χ2v) is 38.0. The van der Waals surface area contributed by atoms with Gasteiger partial charge in [0, 0.05) is 256 Å². The Morgan fingerprint density at radius 1 is 0.343 bits per heavy atom. The zero-order valence-electron chi connectivity index (χ0n) is 82.1. The number of piperidine rings is 1. The van der Waals surface area contributed by atoms with Gasteiger partial charge in [-0.15, -0.1) is 0 Å². The summed E-state index contributed by atoms with van der Waals surface area (Å²) in [6, 6.07) is 54.8. The first-order chi connectivity index (χ1) is 69.3. The molecule has 36 nitrogen and oxygen atoms in total. The van der Waals surface area contributed by atoms with Crippen LogP contribution in [0.25, 0.3) is 140 Å². The zero-order chi connectivity index (χ0) is 98.5. The molecule has 21 heterocycles. The summed E-state index contributed by atoms with van der Waals surface area (Å²) in [5, 5.41) is 28.0. The number of pyridine rings is 6. The van der Waals surface area contributed by atoms with Crippen LogP contribution in [-0.4, -0.2) is 262 Å². The lowest BCUT2D eigenvalue weighted by molar-refractivity contribution is 0.249. The molecule has 0 unspecified atom stereocenters. The van der Waals surface area contributed by atoms with Gasteiger partial charge in [-0.25, -0.2) is 29.9 Å². The summed E-state index contributed by atoms with van der Waals surface area (Å²) >= 11 is 0. The second-order valence-electron chi connectivity index (χ2n) is 38.0. The third-order valence-electron chi connectivity index (χ3n) is 28.0. The van der Waals surface area contributed by atoms with Gasteiger partial charge in [0.25, 0.3) is 27.8 Å². The van der Waals surface area contributed by atoms with Crippen molar-refractivity contribution in [3.05, 3.63) is 289 Å². The molecule has 0 saturated carbocycles. The van der Waals surface area contributed by atoms with Crippen LogP contribution in [0.5, 0.6) is 0 Å². The van der Waals surface area contributed by atoms with E-state index >= 15 is 0 Å². The maximum atomic E-state index is 12.9. The number of piperazine rings is 3. The van der Waals surface area contributed by atoms with Crippen LogP contribution in [-0.2, 0) is 28.2 Å². The molecule has 5 aliphatic heterocycles. The molecule has 0 aliphatic carbocycles. The van der Waals surface area contributed by atoms with E-state index in [9.17, 15) is 24.0 Å². The Hall–Kier alpha value is -16.0. The molecule has 20 aromatic rings. The number of benzene rings is 4. The van der Waals surface area contributed by atoms with Crippen molar-refractivity contribution in [1.82, 2.24) is 121 Å². The van der Waals surface area contributed by atoms with Crippen molar-refractivity contribution < 1.29 is 4.42 Å². The van der Waals surface area contributed by atoms with E-state index in [0.29, 0.717) is 80.3 Å². The molecule has 4 aromatic carbocycles. The van der Waals surface area contributed by atoms with Crippen molar-refractivity contribution in [2.24, 2.45) is 28.2 Å². The minimum absolute atomic E-state index is 0.0636. The average molecular weight is 1920 g/mol. The fourth-order valence-corrected chi connectivity index (χ4v) is 19.8. The number of hydrogen-bond acceptors (Lipinski definition) is 27. The summed E-state index contributed by atoms with van der Waals surface area (Å²) < 4.78 is 21.4. The lowest BCUT2D eigenvalue weighted by atomic mass is 10.0. The molecule has 5 fully saturated rings. The molecule has 25 rings (SSSR count). The molecule has 5 saturated heterocycles. The number of likely N-dealkylation sites (N-methyl/N-ethyl adjacent to an activating group) is 2. The monoisotopic (exact) mass is 1910 g/mol. The highest BCUT2D eigenvalue weighted by atomic mass is 16.3. The molecule has 0 amide bonds. The highest BCUT2D eigenvalue weighted by molar-refractivity contribution is 5.88. The molecule has 36 heteroatoms. The third kappa shape index (κ3) is 19.6. The molecular formula is C107H114N30O6. The van der Waals surface area contributed by atoms with E-state index in [4.69, 9.17) is 24.4 Å². The lowest BCUT2D eigenvalue weighted by Crippen LogP contribution is -2.49. The molecule has 5 aliphatic rings. The van der Waals surface area contributed by atoms with Crippen molar-refractivity contribution in [3.63, 3.8) is 0 Å². The van der Waals surface area contributed by atoms with Gasteiger partial charge in [0.2, 0.25) is 5.89 Å². The summed E-state index contributed by atoms with van der Waals surface area (Å²) in [5.41, 5.74) is 22.1. The van der Waals surface area contributed by atoms with E-state index in [1.54, 1.807) is 46.3 Å². The van der Waals surface area contributed by atoms with Crippen LogP contribution in [0.15, 0.2) is 254 Å². The number of fused-ring (bicyclic) bond motifs is 10. The predicted octanol–water partition coefficient (Wildman–Crippen LogP) is 11.1. The Morgan fingerprint density at radius 3 is 1.06 bits per heavy atom. The largest absolute Gasteiger partial charge is 0.433 e. The first-order valence-corrected chi connectivity index (χ1v) is 48.7. The number of nitrogens with one attached hydrogen (secondary N) is 2. The van der Waals surface area contributed by atoms with E-state index in [1.165, 1.54) is 6.07 Å². The summed E-state index contributed by atoms with van der Waals surface area (Å²) in [7, 11) is 16.3. The fourth-order valence-electron chi connectivity index (χ4n) is 19.8. The van der Waals surface area contributed by atoms with Crippen molar-refractivity contribution in [1.29, 1.82) is 0 Å². The van der Waals surface area contributed by atoms with Crippen molar-refractivity contribution in [3.8, 4) is 56.6 Å². The third-order valence-corrected chi connectivity index (χ3v) is 28.0. The maximum absolute atomic E-state index is 12.9. The van der Waals surface area contributed by atoms with Gasteiger partial charge in [0.15, 0.2) is 5.58 Å². The number of anilines is 5. The minimum Gasteiger partial charge on any atom is -0.433 e. The number of nitrogens with zero attached hydrogens (tertiary/aromatic N) is 28. The Morgan fingerprint density at radius 2 is 0.678 bits per heavy atom. The normalized spacial score (nSPS) is 15.9. The van der Waals surface area contributed by atoms with Crippen molar-refractivity contribution >= 4 is 111 Å². The van der Waals surface area contributed by atoms with E-state index in [2.05, 4.69) is 138 Å². The second kappa shape index (κ2) is 39.6. The topological polar surface area (TPSA) is 332 Å². The van der Waals surface area contributed by atoms with Gasteiger partial charge in [0.1, 0.15) is 39.4 Å². The SMILES string of the molecule is CN(C)C1CCN(c2ccc3nc(-c4ccc5c(cnn5C)c4)cc(=O)n3c2)CC1.CN1CCCN(c2ccc3nc(-c4ccc5c(cnn5C)c4)cc(=O)n3c2)CC1.CN1CCN(c2ccc3nc(-c4ccc5c(cnn5C)c4)cc(=O)n3c2)CC1.Cc1cc2nc(-c3cc(=O)n4cc(N5CCN[C@@H](C)C5)ccc4n3)oc2c(C)n1.Cn1ncc2cc(-c3cc(=O)n4cc(N5CCNCC5)ccc4n3)ccc21. The number of oxazole rings is 1. The highest BCUT2D eigenvalue weighted by Gasteiger charge is 2.26. The molecule has 0 spiro atoms. The number of aromatic nitrogens is 20. The van der Waals surface area contributed by atoms with Crippen LogP contribution in [0.2, 0.25) is 0 Å². The van der Waals surface area contributed by atoms with Crippen LogP contribution >= 0.6 is 0 Å². The van der Waals surface area contributed by atoms with Gasteiger partial charge in [-0.1, -0.05) is 24.3 Å². The number of aryl methyl sites for hydroxylation is 6. The van der Waals surface area contributed by atoms with Crippen LogP contribution < -0.4 is 62.9 Å². The molecule has 2 N–H and O–H groups in total. The Labute approximate surface area is 822 Å². The Kier molecular flexibility index (Phi) is 25.8.